The molecule has 1 atom stereocenters. The quantitative estimate of drug-likeness (QED) is 0.798. The van der Waals surface area contributed by atoms with Crippen molar-refractivity contribution in [1.82, 2.24) is 0 Å². The van der Waals surface area contributed by atoms with Crippen LogP contribution < -0.4 is 0 Å². The summed E-state index contributed by atoms with van der Waals surface area (Å²) >= 11 is 0. The minimum atomic E-state index is -0.670. The van der Waals surface area contributed by atoms with Crippen molar-refractivity contribution in [1.29, 1.82) is 0 Å². The van der Waals surface area contributed by atoms with Crippen molar-refractivity contribution >= 4 is 16.6 Å². The summed E-state index contributed by atoms with van der Waals surface area (Å²) in [4.78, 5) is 11.3. The third-order valence-electron chi connectivity index (χ3n) is 3.76. The molecule has 0 saturated carbocycles. The van der Waals surface area contributed by atoms with Gasteiger partial charge in [0.2, 0.25) is 0 Å². The number of hydrogen-bond acceptors (Lipinski definition) is 2. The van der Waals surface area contributed by atoms with Gasteiger partial charge < -0.3 is 4.74 Å². The van der Waals surface area contributed by atoms with E-state index in [-0.39, 0.29) is 5.78 Å². The number of hydrogen-bond donors (Lipinski definition) is 0. The highest BCUT2D eigenvalue weighted by molar-refractivity contribution is 6.00. The molecule has 0 bridgehead atoms. The van der Waals surface area contributed by atoms with Crippen LogP contribution in [0.4, 0.5) is 0 Å². The Bertz CT molecular complexity index is 805. The first kappa shape index (κ1) is 14.3. The van der Waals surface area contributed by atoms with Gasteiger partial charge in [-0.1, -0.05) is 42.3 Å². The van der Waals surface area contributed by atoms with Crippen molar-refractivity contribution in [2.45, 2.75) is 18.6 Å². The normalized spacial score (nSPS) is 17.4. The van der Waals surface area contributed by atoms with Gasteiger partial charge in [0.1, 0.15) is 11.7 Å². The summed E-state index contributed by atoms with van der Waals surface area (Å²) in [6, 6.07) is 14.2. The summed E-state index contributed by atoms with van der Waals surface area (Å²) < 4.78 is 6.05. The molecule has 3 rings (SSSR count). The molecule has 0 heterocycles. The van der Waals surface area contributed by atoms with Crippen molar-refractivity contribution in [3.05, 3.63) is 72.3 Å². The van der Waals surface area contributed by atoms with Crippen LogP contribution in [0.3, 0.4) is 0 Å². The van der Waals surface area contributed by atoms with Crippen LogP contribution in [0.25, 0.3) is 10.8 Å². The van der Waals surface area contributed by atoms with E-state index in [1.54, 1.807) is 12.2 Å². The van der Waals surface area contributed by atoms with Crippen molar-refractivity contribution in [2.75, 3.05) is 0 Å². The van der Waals surface area contributed by atoms with Crippen LogP contribution in [0.15, 0.2) is 66.8 Å². The molecule has 0 amide bonds. The van der Waals surface area contributed by atoms with Gasteiger partial charge in [0.05, 0.1) is 0 Å². The van der Waals surface area contributed by atoms with Gasteiger partial charge in [0.15, 0.2) is 5.78 Å². The maximum atomic E-state index is 11.3. The maximum Gasteiger partial charge on any atom is 0.178 e. The van der Waals surface area contributed by atoms with Gasteiger partial charge in [-0.2, -0.15) is 0 Å². The lowest BCUT2D eigenvalue weighted by atomic mass is 9.98. The van der Waals surface area contributed by atoms with E-state index in [2.05, 4.69) is 12.0 Å². The lowest BCUT2D eigenvalue weighted by Gasteiger charge is -2.28. The Morgan fingerprint density at radius 2 is 1.77 bits per heavy atom. The van der Waals surface area contributed by atoms with E-state index in [0.717, 1.165) is 16.3 Å². The lowest BCUT2D eigenvalue weighted by molar-refractivity contribution is -0.111. The van der Waals surface area contributed by atoms with Crippen molar-refractivity contribution in [2.24, 2.45) is 0 Å². The highest BCUT2D eigenvalue weighted by Gasteiger charge is 2.26. The van der Waals surface area contributed by atoms with Crippen molar-refractivity contribution < 1.29 is 9.53 Å². The minimum Gasteiger partial charge on any atom is -0.346 e. The van der Waals surface area contributed by atoms with Crippen LogP contribution in [0.5, 0.6) is 0 Å². The third-order valence-corrected chi connectivity index (χ3v) is 3.76. The summed E-state index contributed by atoms with van der Waals surface area (Å²) in [5.41, 5.74) is 0.262. The fourth-order valence-corrected chi connectivity index (χ4v) is 2.51. The van der Waals surface area contributed by atoms with Gasteiger partial charge in [-0.05, 0) is 53.6 Å². The molecule has 1 aliphatic carbocycles. The topological polar surface area (TPSA) is 26.3 Å². The SMILES string of the molecule is C#CC(OC1(C)C=CC(=O)C=C1)c1ccc2ccccc2c1. The van der Waals surface area contributed by atoms with Crippen LogP contribution in [0, 0.1) is 12.3 Å². The molecule has 1 unspecified atom stereocenters. The Morgan fingerprint density at radius 1 is 1.09 bits per heavy atom. The lowest BCUT2D eigenvalue weighted by Crippen LogP contribution is -2.27. The van der Waals surface area contributed by atoms with Gasteiger partial charge in [0, 0.05) is 0 Å². The average molecular weight is 288 g/mol. The summed E-state index contributed by atoms with van der Waals surface area (Å²) in [6.45, 7) is 1.89. The van der Waals surface area contributed by atoms with E-state index in [1.165, 1.54) is 12.2 Å². The number of carbonyl (C=O) groups excluding carboxylic acids is 1. The van der Waals surface area contributed by atoms with E-state index < -0.39 is 11.7 Å². The molecule has 0 radical (unpaired) electrons. The molecule has 0 saturated heterocycles. The molecule has 0 N–H and O–H groups in total. The highest BCUT2D eigenvalue weighted by Crippen LogP contribution is 2.29. The Morgan fingerprint density at radius 3 is 2.45 bits per heavy atom. The highest BCUT2D eigenvalue weighted by atomic mass is 16.5. The average Bonchev–Trinajstić information content (AvgIpc) is 2.55. The number of carbonyl (C=O) groups is 1. The standard InChI is InChI=1S/C20H16O2/c1-3-19(22-20(2)12-10-18(21)11-13-20)17-9-8-15-6-4-5-7-16(15)14-17/h1,4-14,19H,2H3. The molecule has 108 valence electrons. The Labute approximate surface area is 130 Å². The third kappa shape index (κ3) is 2.86. The van der Waals surface area contributed by atoms with E-state index in [9.17, 15) is 4.79 Å². The number of allylic oxidation sites excluding steroid dienone is 2. The summed E-state index contributed by atoms with van der Waals surface area (Å²) in [5, 5.41) is 2.29. The zero-order valence-electron chi connectivity index (χ0n) is 12.3. The number of rotatable bonds is 3. The first-order valence-corrected chi connectivity index (χ1v) is 7.15. The van der Waals surface area contributed by atoms with Crippen molar-refractivity contribution in [3.8, 4) is 12.3 Å². The van der Waals surface area contributed by atoms with Gasteiger partial charge in [-0.25, -0.2) is 0 Å². The van der Waals surface area contributed by atoms with Gasteiger partial charge in [-0.3, -0.25) is 4.79 Å². The zero-order valence-corrected chi connectivity index (χ0v) is 12.3. The van der Waals surface area contributed by atoms with E-state index in [4.69, 9.17) is 11.2 Å². The molecule has 22 heavy (non-hydrogen) atoms. The number of benzene rings is 2. The van der Waals surface area contributed by atoms with Crippen LogP contribution >= 0.6 is 0 Å². The van der Waals surface area contributed by atoms with Gasteiger partial charge >= 0.3 is 0 Å². The summed E-state index contributed by atoms with van der Waals surface area (Å²) in [5.74, 6) is 2.65. The smallest absolute Gasteiger partial charge is 0.178 e. The Kier molecular flexibility index (Phi) is 3.66. The van der Waals surface area contributed by atoms with Gasteiger partial charge in [0.25, 0.3) is 0 Å². The summed E-state index contributed by atoms with van der Waals surface area (Å²) in [6.07, 6.45) is 11.7. The maximum absolute atomic E-state index is 11.3. The monoisotopic (exact) mass is 288 g/mol. The second-order valence-electron chi connectivity index (χ2n) is 5.52. The fourth-order valence-electron chi connectivity index (χ4n) is 2.51. The molecule has 0 fully saturated rings. The minimum absolute atomic E-state index is 0.0379. The number of ether oxygens (including phenoxy) is 1. The van der Waals surface area contributed by atoms with Crippen LogP contribution in [0.1, 0.15) is 18.6 Å². The Hall–Kier alpha value is -2.63. The molecule has 2 aromatic rings. The van der Waals surface area contributed by atoms with Crippen LogP contribution in [-0.4, -0.2) is 11.4 Å². The molecule has 0 spiro atoms. The molecule has 0 aliphatic heterocycles. The Balaban J connectivity index is 1.90. The second-order valence-corrected chi connectivity index (χ2v) is 5.52. The van der Waals surface area contributed by atoms with E-state index in [0.29, 0.717) is 0 Å². The molecule has 2 nitrogen and oxygen atoms in total. The first-order chi connectivity index (χ1) is 10.6. The molecule has 2 aromatic carbocycles. The first-order valence-electron chi connectivity index (χ1n) is 7.15. The largest absolute Gasteiger partial charge is 0.346 e. The van der Waals surface area contributed by atoms with Crippen molar-refractivity contribution in [3.63, 3.8) is 0 Å². The predicted molar refractivity (Wildman–Crippen MR) is 88.3 cm³/mol. The zero-order chi connectivity index (χ0) is 15.6. The number of fused-ring (bicyclic) bond motifs is 1. The molecular formula is C20H16O2. The molecule has 2 heteroatoms. The predicted octanol–water partition coefficient (Wildman–Crippen LogP) is 3.98. The molecule has 1 aliphatic rings. The van der Waals surface area contributed by atoms with Crippen LogP contribution in [-0.2, 0) is 9.53 Å². The van der Waals surface area contributed by atoms with E-state index >= 15 is 0 Å². The van der Waals surface area contributed by atoms with E-state index in [1.807, 2.05) is 43.3 Å². The van der Waals surface area contributed by atoms with Crippen LogP contribution in [0.2, 0.25) is 0 Å². The fraction of sp³-hybridized carbons (Fsp3) is 0.150. The number of ketones is 1. The second kappa shape index (κ2) is 5.63. The van der Waals surface area contributed by atoms with Gasteiger partial charge in [-0.15, -0.1) is 6.42 Å². The molecular weight excluding hydrogens is 272 g/mol. The molecule has 0 aromatic heterocycles. The number of terminal acetylenes is 1. The summed E-state index contributed by atoms with van der Waals surface area (Å²) in [7, 11) is 0.